The van der Waals surface area contributed by atoms with E-state index in [2.05, 4.69) is 26.0 Å². The minimum Gasteiger partial charge on any atom is -0.370 e. The molecule has 1 aliphatic rings. The molecule has 1 fully saturated rings. The summed E-state index contributed by atoms with van der Waals surface area (Å²) in [6.07, 6.45) is 1.36. The molecule has 2 heterocycles. The topological polar surface area (TPSA) is 46.9 Å². The second-order valence-corrected chi connectivity index (χ2v) is 9.02. The SMILES string of the molecule is Cc1ccc(C)c2sc(N(CCC[NH+]3CCOCC3)C(=O)Cc3ccccc3)nc12. The Balaban J connectivity index is 1.55. The summed E-state index contributed by atoms with van der Waals surface area (Å²) in [7, 11) is 0. The zero-order valence-corrected chi connectivity index (χ0v) is 18.6. The number of nitrogens with zero attached hydrogens (tertiary/aromatic N) is 2. The summed E-state index contributed by atoms with van der Waals surface area (Å²) in [6.45, 7) is 9.74. The molecular formula is C24H30N3O2S+. The van der Waals surface area contributed by atoms with Crippen molar-refractivity contribution in [1.29, 1.82) is 0 Å². The molecule has 0 radical (unpaired) electrons. The Morgan fingerprint density at radius 2 is 1.83 bits per heavy atom. The molecule has 1 aromatic heterocycles. The number of hydrogen-bond acceptors (Lipinski definition) is 4. The van der Waals surface area contributed by atoms with E-state index in [9.17, 15) is 4.79 Å². The summed E-state index contributed by atoms with van der Waals surface area (Å²) >= 11 is 1.64. The van der Waals surface area contributed by atoms with Crippen molar-refractivity contribution in [3.05, 3.63) is 59.2 Å². The van der Waals surface area contributed by atoms with Crippen molar-refractivity contribution in [3.8, 4) is 0 Å². The third-order valence-electron chi connectivity index (χ3n) is 5.77. The fourth-order valence-electron chi connectivity index (χ4n) is 3.95. The van der Waals surface area contributed by atoms with E-state index in [1.54, 1.807) is 16.2 Å². The van der Waals surface area contributed by atoms with Gasteiger partial charge in [0, 0.05) is 13.0 Å². The Bertz CT molecular complexity index is 957. The molecule has 1 N–H and O–H groups in total. The van der Waals surface area contributed by atoms with Crippen molar-refractivity contribution >= 4 is 32.6 Å². The Hall–Kier alpha value is -2.28. The summed E-state index contributed by atoms with van der Waals surface area (Å²) in [4.78, 5) is 21.7. The van der Waals surface area contributed by atoms with Crippen molar-refractivity contribution in [2.45, 2.75) is 26.7 Å². The van der Waals surface area contributed by atoms with Crippen LogP contribution in [-0.4, -0.2) is 50.3 Å². The highest BCUT2D eigenvalue weighted by atomic mass is 32.1. The molecule has 30 heavy (non-hydrogen) atoms. The first-order chi connectivity index (χ1) is 14.6. The van der Waals surface area contributed by atoms with Crippen molar-refractivity contribution in [2.75, 3.05) is 44.3 Å². The largest absolute Gasteiger partial charge is 0.370 e. The number of aromatic nitrogens is 1. The summed E-state index contributed by atoms with van der Waals surface area (Å²) in [5, 5.41) is 0.820. The summed E-state index contributed by atoms with van der Waals surface area (Å²) in [5.74, 6) is 0.118. The van der Waals surface area contributed by atoms with Crippen molar-refractivity contribution in [3.63, 3.8) is 0 Å². The first kappa shape index (κ1) is 21.0. The van der Waals surface area contributed by atoms with Crippen LogP contribution in [0.4, 0.5) is 5.13 Å². The van der Waals surface area contributed by atoms with Gasteiger partial charge in [-0.2, -0.15) is 0 Å². The van der Waals surface area contributed by atoms with Crippen molar-refractivity contribution < 1.29 is 14.4 Å². The van der Waals surface area contributed by atoms with Crippen LogP contribution in [0, 0.1) is 13.8 Å². The maximum Gasteiger partial charge on any atom is 0.233 e. The summed E-state index contributed by atoms with van der Waals surface area (Å²) in [6, 6.07) is 14.2. The minimum absolute atomic E-state index is 0.118. The lowest BCUT2D eigenvalue weighted by atomic mass is 10.1. The molecule has 1 amide bonds. The van der Waals surface area contributed by atoms with Gasteiger partial charge in [0.15, 0.2) is 5.13 Å². The van der Waals surface area contributed by atoms with Crippen LogP contribution in [0.1, 0.15) is 23.1 Å². The average Bonchev–Trinajstić information content (AvgIpc) is 3.22. The van der Waals surface area contributed by atoms with E-state index in [0.717, 1.165) is 61.0 Å². The molecule has 5 nitrogen and oxygen atoms in total. The van der Waals surface area contributed by atoms with Crippen LogP contribution in [0.15, 0.2) is 42.5 Å². The van der Waals surface area contributed by atoms with Gasteiger partial charge in [-0.05, 0) is 30.5 Å². The van der Waals surface area contributed by atoms with Crippen LogP contribution in [0.2, 0.25) is 0 Å². The zero-order chi connectivity index (χ0) is 20.9. The number of carbonyl (C=O) groups excluding carboxylic acids is 1. The third-order valence-corrected chi connectivity index (χ3v) is 6.99. The number of ether oxygens (including phenoxy) is 1. The Kier molecular flexibility index (Phi) is 6.77. The fraction of sp³-hybridized carbons (Fsp3) is 0.417. The lowest BCUT2D eigenvalue weighted by Crippen LogP contribution is -3.14. The van der Waals surface area contributed by atoms with Gasteiger partial charge in [0.1, 0.15) is 13.1 Å². The molecule has 0 aliphatic carbocycles. The van der Waals surface area contributed by atoms with E-state index in [0.29, 0.717) is 13.0 Å². The van der Waals surface area contributed by atoms with E-state index in [-0.39, 0.29) is 5.91 Å². The molecule has 2 aromatic carbocycles. The second-order valence-electron chi connectivity index (χ2n) is 8.05. The van der Waals surface area contributed by atoms with Crippen LogP contribution < -0.4 is 9.80 Å². The molecule has 0 saturated carbocycles. The van der Waals surface area contributed by atoms with E-state index < -0.39 is 0 Å². The van der Waals surface area contributed by atoms with Crippen LogP contribution in [0.25, 0.3) is 10.2 Å². The molecule has 0 bridgehead atoms. The summed E-state index contributed by atoms with van der Waals surface area (Å²) in [5.41, 5.74) is 4.44. The van der Waals surface area contributed by atoms with Gasteiger partial charge >= 0.3 is 0 Å². The molecule has 0 atom stereocenters. The lowest BCUT2D eigenvalue weighted by molar-refractivity contribution is -0.908. The average molecular weight is 425 g/mol. The number of nitrogens with one attached hydrogen (secondary N) is 1. The van der Waals surface area contributed by atoms with Gasteiger partial charge in [-0.1, -0.05) is 53.8 Å². The zero-order valence-electron chi connectivity index (χ0n) is 17.8. The molecule has 0 unspecified atom stereocenters. The fourth-order valence-corrected chi connectivity index (χ4v) is 5.11. The number of aryl methyl sites for hydroxylation is 2. The highest BCUT2D eigenvalue weighted by Crippen LogP contribution is 2.33. The number of hydrogen-bond donors (Lipinski definition) is 1. The number of fused-ring (bicyclic) bond motifs is 1. The molecule has 4 rings (SSSR count). The van der Waals surface area contributed by atoms with Crippen molar-refractivity contribution in [2.24, 2.45) is 0 Å². The third kappa shape index (κ3) is 4.89. The van der Waals surface area contributed by atoms with E-state index >= 15 is 0 Å². The molecular weight excluding hydrogens is 394 g/mol. The van der Waals surface area contributed by atoms with Gasteiger partial charge in [0.25, 0.3) is 0 Å². The number of rotatable bonds is 7. The molecule has 1 saturated heterocycles. The van der Waals surface area contributed by atoms with Gasteiger partial charge in [-0.25, -0.2) is 4.98 Å². The Labute approximate surface area is 182 Å². The van der Waals surface area contributed by atoms with Gasteiger partial charge in [0.2, 0.25) is 5.91 Å². The quantitative estimate of drug-likeness (QED) is 0.635. The normalized spacial score (nSPS) is 14.9. The lowest BCUT2D eigenvalue weighted by Gasteiger charge is -2.25. The second kappa shape index (κ2) is 9.69. The minimum atomic E-state index is 0.118. The predicted octanol–water partition coefficient (Wildman–Crippen LogP) is 2.79. The number of amides is 1. The maximum absolute atomic E-state index is 13.3. The smallest absolute Gasteiger partial charge is 0.233 e. The van der Waals surface area contributed by atoms with Gasteiger partial charge in [0.05, 0.1) is 36.4 Å². The standard InChI is InChI=1S/C24H29N3O2S/c1-18-9-10-19(2)23-22(18)25-24(30-23)27(12-6-11-26-13-15-29-16-14-26)21(28)17-20-7-4-3-5-8-20/h3-5,7-10H,6,11-17H2,1-2H3/p+1. The maximum atomic E-state index is 13.3. The van der Waals surface area contributed by atoms with E-state index in [1.165, 1.54) is 10.3 Å². The Morgan fingerprint density at radius 1 is 1.10 bits per heavy atom. The first-order valence-electron chi connectivity index (χ1n) is 10.7. The molecule has 0 spiro atoms. The Morgan fingerprint density at radius 3 is 2.57 bits per heavy atom. The monoisotopic (exact) mass is 424 g/mol. The summed E-state index contributed by atoms with van der Waals surface area (Å²) < 4.78 is 6.65. The predicted molar refractivity (Wildman–Crippen MR) is 123 cm³/mol. The highest BCUT2D eigenvalue weighted by molar-refractivity contribution is 7.22. The van der Waals surface area contributed by atoms with E-state index in [4.69, 9.17) is 9.72 Å². The van der Waals surface area contributed by atoms with Gasteiger partial charge in [-0.3, -0.25) is 9.69 Å². The number of thiazole rings is 1. The number of quaternary nitrogens is 1. The number of benzene rings is 2. The molecule has 6 heteroatoms. The van der Waals surface area contributed by atoms with Crippen LogP contribution in [0.5, 0.6) is 0 Å². The molecule has 158 valence electrons. The van der Waals surface area contributed by atoms with Crippen LogP contribution in [0.3, 0.4) is 0 Å². The van der Waals surface area contributed by atoms with Crippen molar-refractivity contribution in [1.82, 2.24) is 4.98 Å². The van der Waals surface area contributed by atoms with E-state index in [1.807, 2.05) is 35.2 Å². The van der Waals surface area contributed by atoms with Gasteiger partial charge < -0.3 is 9.64 Å². The number of carbonyl (C=O) groups is 1. The molecule has 3 aromatic rings. The molecule has 1 aliphatic heterocycles. The highest BCUT2D eigenvalue weighted by Gasteiger charge is 2.22. The number of morpholine rings is 1. The number of anilines is 1. The first-order valence-corrected chi connectivity index (χ1v) is 11.6. The van der Waals surface area contributed by atoms with Crippen LogP contribution in [-0.2, 0) is 16.0 Å². The van der Waals surface area contributed by atoms with Crippen LogP contribution >= 0.6 is 11.3 Å². The van der Waals surface area contributed by atoms with Gasteiger partial charge in [-0.15, -0.1) is 0 Å².